The van der Waals surface area contributed by atoms with E-state index in [1.165, 1.54) is 10.6 Å². The van der Waals surface area contributed by atoms with Crippen LogP contribution in [0.4, 0.5) is 5.69 Å². The molecule has 0 fully saturated rings. The van der Waals surface area contributed by atoms with Crippen LogP contribution in [-0.4, -0.2) is 27.3 Å². The van der Waals surface area contributed by atoms with Crippen molar-refractivity contribution in [1.29, 1.82) is 0 Å². The molecule has 1 aromatic rings. The molecule has 1 aliphatic heterocycles. The Kier molecular flexibility index (Phi) is 3.34. The van der Waals surface area contributed by atoms with Gasteiger partial charge in [-0.25, -0.2) is 8.42 Å². The average Bonchev–Trinajstić information content (AvgIpc) is 2.27. The first-order valence-electron chi connectivity index (χ1n) is 5.88. The molecule has 0 saturated heterocycles. The Bertz CT molecular complexity index is 578. The van der Waals surface area contributed by atoms with Crippen LogP contribution in [0.15, 0.2) is 30.3 Å². The van der Waals surface area contributed by atoms with Gasteiger partial charge in [0.05, 0.1) is 24.6 Å². The summed E-state index contributed by atoms with van der Waals surface area (Å²) in [5.41, 5.74) is 1.50. The molecular formula is C13H17NO3S. The highest BCUT2D eigenvalue weighted by atomic mass is 32.2. The average molecular weight is 267 g/mol. The van der Waals surface area contributed by atoms with Crippen molar-refractivity contribution in [3.05, 3.63) is 35.9 Å². The fourth-order valence-electron chi connectivity index (χ4n) is 2.23. The van der Waals surface area contributed by atoms with Gasteiger partial charge < -0.3 is 4.74 Å². The van der Waals surface area contributed by atoms with Gasteiger partial charge in [-0.15, -0.1) is 0 Å². The number of sulfonamides is 1. The highest BCUT2D eigenvalue weighted by molar-refractivity contribution is 7.92. The summed E-state index contributed by atoms with van der Waals surface area (Å²) in [6.07, 6.45) is 3.06. The van der Waals surface area contributed by atoms with Gasteiger partial charge in [-0.3, -0.25) is 4.31 Å². The van der Waals surface area contributed by atoms with Crippen molar-refractivity contribution >= 4 is 21.5 Å². The van der Waals surface area contributed by atoms with E-state index >= 15 is 0 Å². The lowest BCUT2D eigenvalue weighted by molar-refractivity contribution is 0.296. The predicted octanol–water partition coefficient (Wildman–Crippen LogP) is 2.23. The molecule has 1 aliphatic rings. The molecule has 0 saturated carbocycles. The molecule has 0 spiro atoms. The molecule has 18 heavy (non-hydrogen) atoms. The minimum atomic E-state index is -3.29. The second-order valence-corrected chi connectivity index (χ2v) is 6.14. The summed E-state index contributed by atoms with van der Waals surface area (Å²) in [6, 6.07) is 7.15. The summed E-state index contributed by atoms with van der Waals surface area (Å²) in [6.45, 7) is 4.32. The second-order valence-electron chi connectivity index (χ2n) is 4.28. The maximum Gasteiger partial charge on any atom is 0.232 e. The molecule has 5 heteroatoms. The third-order valence-electron chi connectivity index (χ3n) is 2.83. The van der Waals surface area contributed by atoms with Crippen molar-refractivity contribution in [1.82, 2.24) is 0 Å². The van der Waals surface area contributed by atoms with E-state index in [-0.39, 0.29) is 6.04 Å². The molecule has 0 amide bonds. The lowest BCUT2D eigenvalue weighted by atomic mass is 10.0. The molecule has 2 rings (SSSR count). The summed E-state index contributed by atoms with van der Waals surface area (Å²) >= 11 is 0. The molecule has 0 radical (unpaired) electrons. The van der Waals surface area contributed by atoms with Gasteiger partial charge in [-0.2, -0.15) is 0 Å². The largest absolute Gasteiger partial charge is 0.493 e. The van der Waals surface area contributed by atoms with Crippen LogP contribution in [0.2, 0.25) is 0 Å². The molecule has 4 nitrogen and oxygen atoms in total. The number of benzene rings is 1. The Hall–Kier alpha value is -1.49. The molecule has 0 N–H and O–H groups in total. The minimum absolute atomic E-state index is 0.239. The van der Waals surface area contributed by atoms with E-state index in [4.69, 9.17) is 4.74 Å². The lowest BCUT2D eigenvalue weighted by Gasteiger charge is -2.33. The van der Waals surface area contributed by atoms with Gasteiger partial charge >= 0.3 is 0 Å². The number of ether oxygens (including phenoxy) is 1. The Balaban J connectivity index is 2.59. The van der Waals surface area contributed by atoms with Crippen molar-refractivity contribution in [2.75, 3.05) is 17.2 Å². The molecule has 1 heterocycles. The van der Waals surface area contributed by atoms with Crippen LogP contribution in [0.1, 0.15) is 19.4 Å². The predicted molar refractivity (Wildman–Crippen MR) is 72.8 cm³/mol. The first-order chi connectivity index (χ1) is 8.45. The number of rotatable bonds is 3. The van der Waals surface area contributed by atoms with Crippen molar-refractivity contribution in [2.45, 2.75) is 19.9 Å². The van der Waals surface area contributed by atoms with E-state index in [1.54, 1.807) is 6.07 Å². The standard InChI is InChI=1S/C13H17NO3S/c1-4-17-13-9-10(2)14(18(3,15)16)12-8-6-5-7-11(12)13/h5-10H,4H2,1-3H3/t10-/m1/s1. The van der Waals surface area contributed by atoms with E-state index in [9.17, 15) is 8.42 Å². The summed E-state index contributed by atoms with van der Waals surface area (Å²) in [5.74, 6) is 0.750. The topological polar surface area (TPSA) is 46.6 Å². The van der Waals surface area contributed by atoms with E-state index in [1.807, 2.05) is 38.1 Å². The normalized spacial score (nSPS) is 19.2. The fraction of sp³-hybridized carbons (Fsp3) is 0.385. The molecular weight excluding hydrogens is 250 g/mol. The van der Waals surface area contributed by atoms with Crippen molar-refractivity contribution in [3.63, 3.8) is 0 Å². The first kappa shape index (κ1) is 13.0. The van der Waals surface area contributed by atoms with Gasteiger partial charge in [0.25, 0.3) is 0 Å². The van der Waals surface area contributed by atoms with Gasteiger partial charge in [0, 0.05) is 5.56 Å². The summed E-state index contributed by atoms with van der Waals surface area (Å²) in [4.78, 5) is 0. The van der Waals surface area contributed by atoms with Gasteiger partial charge in [-0.05, 0) is 32.1 Å². The second kappa shape index (κ2) is 4.65. The van der Waals surface area contributed by atoms with E-state index in [0.29, 0.717) is 12.3 Å². The number of para-hydroxylation sites is 1. The molecule has 98 valence electrons. The first-order valence-corrected chi connectivity index (χ1v) is 7.73. The Morgan fingerprint density at radius 1 is 1.33 bits per heavy atom. The summed E-state index contributed by atoms with van der Waals surface area (Å²) in [7, 11) is -3.29. The number of hydrogen-bond acceptors (Lipinski definition) is 3. The van der Waals surface area contributed by atoms with Crippen LogP contribution < -0.4 is 4.31 Å². The zero-order chi connectivity index (χ0) is 13.3. The number of fused-ring (bicyclic) bond motifs is 1. The number of anilines is 1. The zero-order valence-corrected chi connectivity index (χ0v) is 11.6. The Labute approximate surface area is 108 Å². The Morgan fingerprint density at radius 2 is 2.00 bits per heavy atom. The third kappa shape index (κ3) is 2.22. The van der Waals surface area contributed by atoms with Crippen LogP contribution in [-0.2, 0) is 14.8 Å². The van der Waals surface area contributed by atoms with E-state index in [2.05, 4.69) is 0 Å². The van der Waals surface area contributed by atoms with E-state index < -0.39 is 10.0 Å². The summed E-state index contributed by atoms with van der Waals surface area (Å²) in [5, 5.41) is 0. The zero-order valence-electron chi connectivity index (χ0n) is 10.8. The molecule has 0 aromatic heterocycles. The van der Waals surface area contributed by atoms with Crippen molar-refractivity contribution in [3.8, 4) is 0 Å². The van der Waals surface area contributed by atoms with Crippen LogP contribution in [0.25, 0.3) is 5.76 Å². The SMILES string of the molecule is CCOC1=C[C@@H](C)N(S(C)(=O)=O)c2ccccc21. The maximum atomic E-state index is 11.9. The lowest BCUT2D eigenvalue weighted by Crippen LogP contribution is -2.39. The monoisotopic (exact) mass is 267 g/mol. The van der Waals surface area contributed by atoms with Crippen LogP contribution >= 0.6 is 0 Å². The third-order valence-corrected chi connectivity index (χ3v) is 4.07. The van der Waals surface area contributed by atoms with Gasteiger partial charge in [0.15, 0.2) is 0 Å². The van der Waals surface area contributed by atoms with Gasteiger partial charge in [-0.1, -0.05) is 12.1 Å². The number of hydrogen-bond donors (Lipinski definition) is 0. The van der Waals surface area contributed by atoms with E-state index in [0.717, 1.165) is 11.3 Å². The molecule has 0 unspecified atom stereocenters. The number of nitrogens with zero attached hydrogens (tertiary/aromatic N) is 1. The fourth-order valence-corrected chi connectivity index (χ4v) is 3.41. The van der Waals surface area contributed by atoms with Crippen LogP contribution in [0, 0.1) is 0 Å². The van der Waals surface area contributed by atoms with Gasteiger partial charge in [0.2, 0.25) is 10.0 Å². The molecule has 0 aliphatic carbocycles. The molecule has 1 aromatic carbocycles. The smallest absolute Gasteiger partial charge is 0.232 e. The highest BCUT2D eigenvalue weighted by Crippen LogP contribution is 2.35. The minimum Gasteiger partial charge on any atom is -0.493 e. The Morgan fingerprint density at radius 3 is 2.61 bits per heavy atom. The van der Waals surface area contributed by atoms with Crippen molar-refractivity contribution < 1.29 is 13.2 Å². The van der Waals surface area contributed by atoms with Crippen LogP contribution in [0.5, 0.6) is 0 Å². The highest BCUT2D eigenvalue weighted by Gasteiger charge is 2.30. The quantitative estimate of drug-likeness (QED) is 0.843. The molecule has 1 atom stereocenters. The van der Waals surface area contributed by atoms with Crippen molar-refractivity contribution in [2.24, 2.45) is 0 Å². The molecule has 0 bridgehead atoms. The maximum absolute atomic E-state index is 11.9. The van der Waals surface area contributed by atoms with Gasteiger partial charge in [0.1, 0.15) is 5.76 Å². The van der Waals surface area contributed by atoms with Crippen LogP contribution in [0.3, 0.4) is 0 Å². The summed E-state index contributed by atoms with van der Waals surface area (Å²) < 4.78 is 30.8.